The van der Waals surface area contributed by atoms with E-state index in [1.165, 1.54) is 12.1 Å². The molecular weight excluding hydrogens is 252 g/mol. The van der Waals surface area contributed by atoms with Crippen molar-refractivity contribution in [3.05, 3.63) is 29.6 Å². The number of amides is 1. The second kappa shape index (κ2) is 5.81. The van der Waals surface area contributed by atoms with Crippen LogP contribution in [0.25, 0.3) is 0 Å². The fourth-order valence-electron chi connectivity index (χ4n) is 1.29. The zero-order valence-electron chi connectivity index (χ0n) is 9.35. The van der Waals surface area contributed by atoms with E-state index in [-0.39, 0.29) is 17.8 Å². The van der Waals surface area contributed by atoms with Crippen molar-refractivity contribution in [1.82, 2.24) is 0 Å². The van der Waals surface area contributed by atoms with Gasteiger partial charge in [0.25, 0.3) is 0 Å². The molecule has 0 aromatic heterocycles. The van der Waals surface area contributed by atoms with Crippen molar-refractivity contribution in [2.75, 3.05) is 5.32 Å². The first-order chi connectivity index (χ1) is 8.31. The zero-order chi connectivity index (χ0) is 13.8. The van der Waals surface area contributed by atoms with Gasteiger partial charge in [-0.2, -0.15) is 13.2 Å². The van der Waals surface area contributed by atoms with Gasteiger partial charge < -0.3 is 11.1 Å². The molecule has 1 aromatic rings. The van der Waals surface area contributed by atoms with Gasteiger partial charge in [-0.25, -0.2) is 4.39 Å². The normalized spacial score (nSPS) is 11.4. The molecule has 0 heterocycles. The average Bonchev–Trinajstić information content (AvgIpc) is 2.28. The fourth-order valence-corrected chi connectivity index (χ4v) is 1.29. The predicted molar refractivity (Wildman–Crippen MR) is 58.2 cm³/mol. The lowest BCUT2D eigenvalue weighted by Gasteiger charge is -2.08. The Bertz CT molecular complexity index is 432. The molecule has 3 N–H and O–H groups in total. The lowest BCUT2D eigenvalue weighted by atomic mass is 10.2. The molecule has 100 valence electrons. The van der Waals surface area contributed by atoms with Crippen LogP contribution in [0.15, 0.2) is 18.2 Å². The van der Waals surface area contributed by atoms with Crippen molar-refractivity contribution in [3.8, 4) is 0 Å². The van der Waals surface area contributed by atoms with Crippen molar-refractivity contribution in [3.63, 3.8) is 0 Å². The first-order valence-corrected chi connectivity index (χ1v) is 5.17. The number of hydrogen-bond donors (Lipinski definition) is 2. The largest absolute Gasteiger partial charge is 0.389 e. The van der Waals surface area contributed by atoms with Crippen LogP contribution in [0.1, 0.15) is 18.4 Å². The standard InChI is InChI=1S/C11H12F4N2O/c12-9-2-1-8(5-7(9)6-16)17-10(18)3-4-11(13,14)15/h1-2,5H,3-4,6,16H2,(H,17,18). The van der Waals surface area contributed by atoms with E-state index in [9.17, 15) is 22.4 Å². The van der Waals surface area contributed by atoms with Crippen molar-refractivity contribution >= 4 is 11.6 Å². The smallest absolute Gasteiger partial charge is 0.326 e. The molecule has 0 saturated carbocycles. The van der Waals surface area contributed by atoms with Crippen LogP contribution in [0.2, 0.25) is 0 Å². The van der Waals surface area contributed by atoms with Crippen LogP contribution in [0.4, 0.5) is 23.2 Å². The predicted octanol–water partition coefficient (Wildman–Crippen LogP) is 2.57. The maximum absolute atomic E-state index is 13.1. The summed E-state index contributed by atoms with van der Waals surface area (Å²) in [6, 6.07) is 3.66. The van der Waals surface area contributed by atoms with Crippen LogP contribution in [-0.4, -0.2) is 12.1 Å². The van der Waals surface area contributed by atoms with Crippen molar-refractivity contribution in [2.45, 2.75) is 25.6 Å². The van der Waals surface area contributed by atoms with E-state index >= 15 is 0 Å². The van der Waals surface area contributed by atoms with E-state index in [0.29, 0.717) is 0 Å². The number of hydrogen-bond acceptors (Lipinski definition) is 2. The van der Waals surface area contributed by atoms with Crippen LogP contribution in [-0.2, 0) is 11.3 Å². The lowest BCUT2D eigenvalue weighted by Crippen LogP contribution is -2.16. The highest BCUT2D eigenvalue weighted by molar-refractivity contribution is 5.90. The molecule has 0 radical (unpaired) electrons. The van der Waals surface area contributed by atoms with Crippen LogP contribution in [0.5, 0.6) is 0 Å². The summed E-state index contributed by atoms with van der Waals surface area (Å²) in [6.07, 6.45) is -6.23. The van der Waals surface area contributed by atoms with Crippen molar-refractivity contribution < 1.29 is 22.4 Å². The van der Waals surface area contributed by atoms with Gasteiger partial charge in [0.15, 0.2) is 0 Å². The minimum absolute atomic E-state index is 0.0574. The summed E-state index contributed by atoms with van der Waals surface area (Å²) in [4.78, 5) is 11.2. The van der Waals surface area contributed by atoms with Crippen molar-refractivity contribution in [1.29, 1.82) is 0 Å². The van der Waals surface area contributed by atoms with Crippen LogP contribution in [0.3, 0.4) is 0 Å². The molecule has 3 nitrogen and oxygen atoms in total. The van der Waals surface area contributed by atoms with E-state index in [0.717, 1.165) is 6.07 Å². The number of halogens is 4. The van der Waals surface area contributed by atoms with Gasteiger partial charge in [0.05, 0.1) is 6.42 Å². The van der Waals surface area contributed by atoms with Crippen LogP contribution < -0.4 is 11.1 Å². The van der Waals surface area contributed by atoms with Gasteiger partial charge in [0, 0.05) is 24.2 Å². The molecule has 0 aliphatic heterocycles. The number of carbonyl (C=O) groups is 1. The number of benzene rings is 1. The summed E-state index contributed by atoms with van der Waals surface area (Å²) in [5.74, 6) is -1.30. The minimum Gasteiger partial charge on any atom is -0.326 e. The van der Waals surface area contributed by atoms with Gasteiger partial charge in [-0.1, -0.05) is 0 Å². The molecule has 0 aliphatic carbocycles. The molecule has 0 saturated heterocycles. The van der Waals surface area contributed by atoms with E-state index in [2.05, 4.69) is 5.32 Å². The molecule has 0 spiro atoms. The van der Waals surface area contributed by atoms with Crippen LogP contribution >= 0.6 is 0 Å². The lowest BCUT2D eigenvalue weighted by molar-refractivity contribution is -0.142. The Morgan fingerprint density at radius 2 is 2.00 bits per heavy atom. The SMILES string of the molecule is NCc1cc(NC(=O)CCC(F)(F)F)ccc1F. The molecule has 0 bridgehead atoms. The Hall–Kier alpha value is -1.63. The molecule has 0 aliphatic rings. The summed E-state index contributed by atoms with van der Waals surface area (Å²) >= 11 is 0. The van der Waals surface area contributed by atoms with Crippen LogP contribution in [0, 0.1) is 5.82 Å². The molecular formula is C11H12F4N2O. The molecule has 1 rings (SSSR count). The molecule has 1 amide bonds. The Morgan fingerprint density at radius 1 is 1.33 bits per heavy atom. The summed E-state index contributed by atoms with van der Waals surface area (Å²) in [6.45, 7) is -0.0574. The number of carbonyl (C=O) groups excluding carboxylic acids is 1. The molecule has 1 aromatic carbocycles. The number of anilines is 1. The minimum atomic E-state index is -4.37. The summed E-state index contributed by atoms with van der Waals surface area (Å²) in [5.41, 5.74) is 5.67. The first kappa shape index (κ1) is 14.4. The maximum Gasteiger partial charge on any atom is 0.389 e. The van der Waals surface area contributed by atoms with Gasteiger partial charge in [-0.3, -0.25) is 4.79 Å². The van der Waals surface area contributed by atoms with Gasteiger partial charge >= 0.3 is 6.18 Å². The van der Waals surface area contributed by atoms with Crippen molar-refractivity contribution in [2.24, 2.45) is 5.73 Å². The fraction of sp³-hybridized carbons (Fsp3) is 0.364. The third-order valence-electron chi connectivity index (χ3n) is 2.18. The van der Waals surface area contributed by atoms with E-state index in [1.807, 2.05) is 0 Å². The molecule has 7 heteroatoms. The van der Waals surface area contributed by atoms with E-state index < -0.39 is 30.7 Å². The number of nitrogens with one attached hydrogen (secondary N) is 1. The Labute approximate surface area is 101 Å². The third kappa shape index (κ3) is 4.70. The first-order valence-electron chi connectivity index (χ1n) is 5.17. The van der Waals surface area contributed by atoms with Gasteiger partial charge in [-0.15, -0.1) is 0 Å². The summed E-state index contributed by atoms with van der Waals surface area (Å²) < 4.78 is 48.7. The third-order valence-corrected chi connectivity index (χ3v) is 2.18. The number of alkyl halides is 3. The Balaban J connectivity index is 2.59. The van der Waals surface area contributed by atoms with E-state index in [4.69, 9.17) is 5.73 Å². The molecule has 18 heavy (non-hydrogen) atoms. The van der Waals surface area contributed by atoms with Gasteiger partial charge in [0.1, 0.15) is 5.82 Å². The topological polar surface area (TPSA) is 55.1 Å². The molecule has 0 atom stereocenters. The maximum atomic E-state index is 13.1. The highest BCUT2D eigenvalue weighted by atomic mass is 19.4. The summed E-state index contributed by atoms with van der Waals surface area (Å²) in [7, 11) is 0. The second-order valence-electron chi connectivity index (χ2n) is 3.67. The van der Waals surface area contributed by atoms with E-state index in [1.54, 1.807) is 0 Å². The monoisotopic (exact) mass is 264 g/mol. The highest BCUT2D eigenvalue weighted by Crippen LogP contribution is 2.22. The quantitative estimate of drug-likeness (QED) is 0.821. The number of nitrogens with two attached hydrogens (primary N) is 1. The Kier molecular flexibility index (Phi) is 4.66. The molecule has 0 fully saturated rings. The highest BCUT2D eigenvalue weighted by Gasteiger charge is 2.27. The Morgan fingerprint density at radius 3 is 2.56 bits per heavy atom. The zero-order valence-corrected chi connectivity index (χ0v) is 9.35. The average molecular weight is 264 g/mol. The summed E-state index contributed by atoms with van der Waals surface area (Å²) in [5, 5.41) is 2.26. The van der Waals surface area contributed by atoms with Gasteiger partial charge in [0.2, 0.25) is 5.91 Å². The molecule has 0 unspecified atom stereocenters. The second-order valence-corrected chi connectivity index (χ2v) is 3.67. The number of rotatable bonds is 4. The van der Waals surface area contributed by atoms with Gasteiger partial charge in [-0.05, 0) is 18.2 Å².